The molecule has 1 N–H and O–H groups in total. The molecular weight excluding hydrogens is 641 g/mol. The number of halogens is 2. The van der Waals surface area contributed by atoms with Gasteiger partial charge < -0.3 is 15.0 Å². The standard InChI is InChI=1S/C36H39ClFN3O5S/c1-4-26(3)39-36(43)33(23-27-13-7-6-8-14-27)40(24-28-15-9-10-16-31(28)38)35(42)25-41(32-17-11-12-18-34(32)46-5-2)47(44,45)30-21-19-29(37)20-22-30/h6-22,26,33H,4-5,23-25H2,1-3H3,(H,39,43)/t26-,33+/m1/s1. The van der Waals surface area contributed by atoms with Gasteiger partial charge in [0, 0.05) is 29.6 Å². The number of carbonyl (C=O) groups excluding carboxylic acids is 2. The Bertz CT molecular complexity index is 1760. The van der Waals surface area contributed by atoms with Crippen LogP contribution in [0.4, 0.5) is 10.1 Å². The third-order valence-electron chi connectivity index (χ3n) is 7.68. The first-order valence-electron chi connectivity index (χ1n) is 15.4. The highest BCUT2D eigenvalue weighted by Crippen LogP contribution is 2.33. The first-order valence-corrected chi connectivity index (χ1v) is 17.2. The number of sulfonamides is 1. The normalized spacial score (nSPS) is 12.5. The van der Waals surface area contributed by atoms with Crippen LogP contribution in [0, 0.1) is 5.82 Å². The number of hydrogen-bond acceptors (Lipinski definition) is 5. The first kappa shape index (κ1) is 35.4. The maximum atomic E-state index is 15.1. The highest BCUT2D eigenvalue weighted by atomic mass is 35.5. The molecule has 2 atom stereocenters. The molecule has 2 amide bonds. The molecule has 0 aliphatic carbocycles. The lowest BCUT2D eigenvalue weighted by Gasteiger charge is -2.34. The third-order valence-corrected chi connectivity index (χ3v) is 9.71. The lowest BCUT2D eigenvalue weighted by molar-refractivity contribution is -0.140. The topological polar surface area (TPSA) is 96.0 Å². The molecule has 0 aromatic heterocycles. The summed E-state index contributed by atoms with van der Waals surface area (Å²) in [6.07, 6.45) is 0.759. The Kier molecular flexibility index (Phi) is 12.4. The average Bonchev–Trinajstić information content (AvgIpc) is 3.07. The molecule has 0 spiro atoms. The molecule has 11 heteroatoms. The van der Waals surface area contributed by atoms with E-state index in [0.717, 1.165) is 9.87 Å². The molecule has 0 aliphatic heterocycles. The van der Waals surface area contributed by atoms with Crippen molar-refractivity contribution < 1.29 is 27.1 Å². The highest BCUT2D eigenvalue weighted by Gasteiger charge is 2.36. The van der Waals surface area contributed by atoms with Crippen LogP contribution in [-0.4, -0.2) is 50.4 Å². The van der Waals surface area contributed by atoms with Crippen molar-refractivity contribution in [2.24, 2.45) is 0 Å². The van der Waals surface area contributed by atoms with Crippen molar-refractivity contribution in [1.29, 1.82) is 0 Å². The third kappa shape index (κ3) is 9.11. The SMILES string of the molecule is CCOc1ccccc1N(CC(=O)N(Cc1ccccc1F)[C@@H](Cc1ccccc1)C(=O)N[C@H](C)CC)S(=O)(=O)c1ccc(Cl)cc1. The van der Waals surface area contributed by atoms with Crippen LogP contribution in [0.25, 0.3) is 0 Å². The predicted octanol–water partition coefficient (Wildman–Crippen LogP) is 6.63. The van der Waals surface area contributed by atoms with Crippen LogP contribution in [-0.2, 0) is 32.6 Å². The molecule has 0 saturated carbocycles. The number of para-hydroxylation sites is 2. The molecule has 248 valence electrons. The molecule has 0 saturated heterocycles. The van der Waals surface area contributed by atoms with E-state index in [2.05, 4.69) is 5.32 Å². The Morgan fingerprint density at radius 2 is 1.53 bits per heavy atom. The number of benzene rings is 4. The zero-order valence-corrected chi connectivity index (χ0v) is 28.2. The Labute approximate surface area is 281 Å². The molecule has 0 fully saturated rings. The van der Waals surface area contributed by atoms with Crippen molar-refractivity contribution in [2.45, 2.75) is 57.1 Å². The summed E-state index contributed by atoms with van der Waals surface area (Å²) < 4.78 is 50.4. The summed E-state index contributed by atoms with van der Waals surface area (Å²) in [6.45, 7) is 4.80. The van der Waals surface area contributed by atoms with Crippen molar-refractivity contribution in [2.75, 3.05) is 17.5 Å². The Balaban J connectivity index is 1.85. The minimum Gasteiger partial charge on any atom is -0.492 e. The summed E-state index contributed by atoms with van der Waals surface area (Å²) in [5, 5.41) is 3.31. The fourth-order valence-corrected chi connectivity index (χ4v) is 6.54. The summed E-state index contributed by atoms with van der Waals surface area (Å²) >= 11 is 6.06. The second kappa shape index (κ2) is 16.4. The number of rotatable bonds is 15. The van der Waals surface area contributed by atoms with Crippen molar-refractivity contribution >= 4 is 39.1 Å². The van der Waals surface area contributed by atoms with Crippen LogP contribution < -0.4 is 14.4 Å². The lowest BCUT2D eigenvalue weighted by Crippen LogP contribution is -2.54. The number of hydrogen-bond donors (Lipinski definition) is 1. The molecule has 4 aromatic carbocycles. The van der Waals surface area contributed by atoms with Gasteiger partial charge >= 0.3 is 0 Å². The van der Waals surface area contributed by atoms with Gasteiger partial charge in [-0.15, -0.1) is 0 Å². The van der Waals surface area contributed by atoms with Gasteiger partial charge in [-0.25, -0.2) is 12.8 Å². The predicted molar refractivity (Wildman–Crippen MR) is 182 cm³/mol. The van der Waals surface area contributed by atoms with Crippen LogP contribution in [0.5, 0.6) is 5.75 Å². The lowest BCUT2D eigenvalue weighted by atomic mass is 10.0. The molecule has 47 heavy (non-hydrogen) atoms. The molecule has 8 nitrogen and oxygen atoms in total. The van der Waals surface area contributed by atoms with Gasteiger partial charge in [0.25, 0.3) is 10.0 Å². The molecule has 4 rings (SSSR count). The van der Waals surface area contributed by atoms with E-state index in [1.165, 1.54) is 47.4 Å². The van der Waals surface area contributed by atoms with Crippen LogP contribution in [0.3, 0.4) is 0 Å². The van der Waals surface area contributed by atoms with E-state index in [1.807, 2.05) is 44.2 Å². The fourth-order valence-electron chi connectivity index (χ4n) is 4.99. The molecule has 0 heterocycles. The van der Waals surface area contributed by atoms with Gasteiger partial charge in [-0.05, 0) is 68.3 Å². The number of anilines is 1. The molecular formula is C36H39ClFN3O5S. The Morgan fingerprint density at radius 3 is 2.19 bits per heavy atom. The largest absolute Gasteiger partial charge is 0.492 e. The van der Waals surface area contributed by atoms with Gasteiger partial charge in [0.15, 0.2) is 0 Å². The fraction of sp³-hybridized carbons (Fsp3) is 0.278. The number of carbonyl (C=O) groups is 2. The van der Waals surface area contributed by atoms with E-state index < -0.39 is 40.2 Å². The summed E-state index contributed by atoms with van der Waals surface area (Å²) in [5.41, 5.74) is 1.08. The molecule has 0 bridgehead atoms. The van der Waals surface area contributed by atoms with Gasteiger partial charge in [0.05, 0.1) is 17.2 Å². The molecule has 0 aliphatic rings. The van der Waals surface area contributed by atoms with Gasteiger partial charge in [0.1, 0.15) is 24.2 Å². The number of amides is 2. The van der Waals surface area contributed by atoms with E-state index in [1.54, 1.807) is 37.3 Å². The number of nitrogens with one attached hydrogen (secondary N) is 1. The second-order valence-electron chi connectivity index (χ2n) is 11.0. The molecule has 0 radical (unpaired) electrons. The first-order chi connectivity index (χ1) is 22.5. The quantitative estimate of drug-likeness (QED) is 0.152. The zero-order valence-electron chi connectivity index (χ0n) is 26.6. The zero-order chi connectivity index (χ0) is 34.0. The van der Waals surface area contributed by atoms with Gasteiger partial charge in [-0.3, -0.25) is 13.9 Å². The van der Waals surface area contributed by atoms with Crippen molar-refractivity contribution in [3.05, 3.63) is 125 Å². The minimum absolute atomic E-state index is 0.1000. The van der Waals surface area contributed by atoms with Crippen molar-refractivity contribution in [1.82, 2.24) is 10.2 Å². The van der Waals surface area contributed by atoms with Crippen molar-refractivity contribution in [3.8, 4) is 5.75 Å². The van der Waals surface area contributed by atoms with E-state index in [-0.39, 0.29) is 47.5 Å². The number of nitrogens with zero attached hydrogens (tertiary/aromatic N) is 2. The van der Waals surface area contributed by atoms with E-state index in [4.69, 9.17) is 16.3 Å². The summed E-state index contributed by atoms with van der Waals surface area (Å²) in [7, 11) is -4.38. The van der Waals surface area contributed by atoms with E-state index in [0.29, 0.717) is 11.4 Å². The maximum absolute atomic E-state index is 15.1. The summed E-state index contributed by atoms with van der Waals surface area (Å²) in [4.78, 5) is 29.7. The van der Waals surface area contributed by atoms with Crippen molar-refractivity contribution in [3.63, 3.8) is 0 Å². The van der Waals surface area contributed by atoms with Crippen LogP contribution in [0.2, 0.25) is 5.02 Å². The second-order valence-corrected chi connectivity index (χ2v) is 13.3. The summed E-state index contributed by atoms with van der Waals surface area (Å²) in [6, 6.07) is 26.0. The summed E-state index contributed by atoms with van der Waals surface area (Å²) in [5.74, 6) is -1.46. The minimum atomic E-state index is -4.38. The maximum Gasteiger partial charge on any atom is 0.264 e. The van der Waals surface area contributed by atoms with Crippen LogP contribution in [0.15, 0.2) is 108 Å². The highest BCUT2D eigenvalue weighted by molar-refractivity contribution is 7.92. The Morgan fingerprint density at radius 1 is 0.894 bits per heavy atom. The Hall–Kier alpha value is -4.41. The molecule has 4 aromatic rings. The molecule has 0 unspecified atom stereocenters. The number of ether oxygens (including phenoxy) is 1. The van der Waals surface area contributed by atoms with Crippen LogP contribution in [0.1, 0.15) is 38.3 Å². The van der Waals surface area contributed by atoms with E-state index in [9.17, 15) is 18.0 Å². The monoisotopic (exact) mass is 679 g/mol. The average molecular weight is 680 g/mol. The van der Waals surface area contributed by atoms with E-state index >= 15 is 4.39 Å². The van der Waals surface area contributed by atoms with Gasteiger partial charge in [-0.2, -0.15) is 0 Å². The smallest absolute Gasteiger partial charge is 0.264 e. The van der Waals surface area contributed by atoms with Gasteiger partial charge in [-0.1, -0.05) is 79.2 Å². The van der Waals surface area contributed by atoms with Crippen LogP contribution >= 0.6 is 11.6 Å². The van der Waals surface area contributed by atoms with Gasteiger partial charge in [0.2, 0.25) is 11.8 Å².